The minimum absolute atomic E-state index is 0.117. The number of aromatic nitrogens is 1. The Morgan fingerprint density at radius 1 is 1.47 bits per heavy atom. The molecule has 1 heterocycles. The summed E-state index contributed by atoms with van der Waals surface area (Å²) >= 11 is 3.22. The lowest BCUT2D eigenvalue weighted by Crippen LogP contribution is -1.98. The third-order valence-electron chi connectivity index (χ3n) is 2.97. The molecule has 0 aliphatic heterocycles. The molecule has 2 aromatic rings. The van der Waals surface area contributed by atoms with E-state index in [4.69, 9.17) is 9.52 Å². The van der Waals surface area contributed by atoms with Gasteiger partial charge in [-0.1, -0.05) is 0 Å². The number of hydrogen-bond acceptors (Lipinski definition) is 3. The van der Waals surface area contributed by atoms with Gasteiger partial charge in [0, 0.05) is 10.4 Å². The van der Waals surface area contributed by atoms with Gasteiger partial charge in [-0.25, -0.2) is 14.2 Å². The van der Waals surface area contributed by atoms with Crippen molar-refractivity contribution in [1.29, 1.82) is 0 Å². The fourth-order valence-corrected chi connectivity index (χ4v) is 2.42. The van der Waals surface area contributed by atoms with E-state index in [0.717, 1.165) is 12.8 Å². The molecule has 0 radical (unpaired) electrons. The minimum Gasteiger partial charge on any atom is -0.475 e. The highest BCUT2D eigenvalue weighted by atomic mass is 79.9. The molecule has 0 spiro atoms. The lowest BCUT2D eigenvalue weighted by atomic mass is 10.2. The van der Waals surface area contributed by atoms with Crippen LogP contribution in [0.2, 0.25) is 0 Å². The summed E-state index contributed by atoms with van der Waals surface area (Å²) in [7, 11) is 0. The van der Waals surface area contributed by atoms with Gasteiger partial charge in [0.25, 0.3) is 0 Å². The summed E-state index contributed by atoms with van der Waals surface area (Å²) in [5.41, 5.74) is 1.02. The predicted octanol–water partition coefficient (Wildman–Crippen LogP) is 3.82. The number of halogens is 2. The zero-order chi connectivity index (χ0) is 13.6. The zero-order valence-corrected chi connectivity index (χ0v) is 11.3. The minimum atomic E-state index is -1.13. The standard InChI is InChI=1S/C13H9BrFNO3/c14-9-5-7(15)3-4-8(9)12-16-10(6-1-2-6)11(19-12)13(17)18/h3-6H,1-2H2,(H,17,18). The van der Waals surface area contributed by atoms with Crippen LogP contribution in [0.4, 0.5) is 4.39 Å². The molecule has 1 aromatic heterocycles. The molecule has 1 N–H and O–H groups in total. The van der Waals surface area contributed by atoms with Gasteiger partial charge in [0.2, 0.25) is 11.7 Å². The van der Waals surface area contributed by atoms with E-state index in [9.17, 15) is 9.18 Å². The molecular formula is C13H9BrFNO3. The van der Waals surface area contributed by atoms with Gasteiger partial charge in [0.1, 0.15) is 5.82 Å². The largest absolute Gasteiger partial charge is 0.475 e. The second kappa shape index (κ2) is 4.45. The van der Waals surface area contributed by atoms with Crippen molar-refractivity contribution in [2.75, 3.05) is 0 Å². The molecule has 6 heteroatoms. The molecule has 0 atom stereocenters. The summed E-state index contributed by atoms with van der Waals surface area (Å²) in [6, 6.07) is 4.08. The van der Waals surface area contributed by atoms with Crippen molar-refractivity contribution in [2.24, 2.45) is 0 Å². The molecule has 0 saturated heterocycles. The molecule has 0 amide bonds. The third-order valence-corrected chi connectivity index (χ3v) is 3.63. The maximum atomic E-state index is 13.0. The summed E-state index contributed by atoms with van der Waals surface area (Å²) < 4.78 is 18.8. The molecule has 1 saturated carbocycles. The Balaban J connectivity index is 2.10. The van der Waals surface area contributed by atoms with Crippen LogP contribution < -0.4 is 0 Å². The molecule has 0 unspecified atom stereocenters. The number of carboxylic acid groups (broad SMARTS) is 1. The Morgan fingerprint density at radius 3 is 2.79 bits per heavy atom. The highest BCUT2D eigenvalue weighted by molar-refractivity contribution is 9.10. The summed E-state index contributed by atoms with van der Waals surface area (Å²) in [6.07, 6.45) is 1.85. The summed E-state index contributed by atoms with van der Waals surface area (Å²) in [5, 5.41) is 9.11. The van der Waals surface area contributed by atoms with E-state index in [-0.39, 0.29) is 23.4 Å². The molecule has 4 nitrogen and oxygen atoms in total. The molecule has 3 rings (SSSR count). The lowest BCUT2D eigenvalue weighted by molar-refractivity contribution is 0.0661. The average Bonchev–Trinajstić information content (AvgIpc) is 3.09. The van der Waals surface area contributed by atoms with E-state index < -0.39 is 5.97 Å². The van der Waals surface area contributed by atoms with Crippen molar-refractivity contribution in [3.05, 3.63) is 39.9 Å². The van der Waals surface area contributed by atoms with Crippen molar-refractivity contribution >= 4 is 21.9 Å². The van der Waals surface area contributed by atoms with Crippen molar-refractivity contribution in [3.63, 3.8) is 0 Å². The van der Waals surface area contributed by atoms with Gasteiger partial charge in [-0.05, 0) is 47.0 Å². The topological polar surface area (TPSA) is 63.3 Å². The molecule has 0 bridgehead atoms. The molecular weight excluding hydrogens is 317 g/mol. The summed E-state index contributed by atoms with van der Waals surface area (Å²) in [6.45, 7) is 0. The lowest BCUT2D eigenvalue weighted by Gasteiger charge is -1.99. The van der Waals surface area contributed by atoms with E-state index in [1.807, 2.05) is 0 Å². The number of aromatic carboxylic acids is 1. The SMILES string of the molecule is O=C(O)c1oc(-c2ccc(F)cc2Br)nc1C1CC1. The number of benzene rings is 1. The van der Waals surface area contributed by atoms with Crippen LogP contribution in [-0.4, -0.2) is 16.1 Å². The van der Waals surface area contributed by atoms with Gasteiger partial charge in [0.15, 0.2) is 0 Å². The van der Waals surface area contributed by atoms with Crippen molar-refractivity contribution in [3.8, 4) is 11.5 Å². The number of hydrogen-bond donors (Lipinski definition) is 1. The van der Waals surface area contributed by atoms with Crippen LogP contribution in [0.15, 0.2) is 27.1 Å². The van der Waals surface area contributed by atoms with Crippen LogP contribution in [0, 0.1) is 5.82 Å². The van der Waals surface area contributed by atoms with Crippen molar-refractivity contribution in [1.82, 2.24) is 4.98 Å². The van der Waals surface area contributed by atoms with E-state index >= 15 is 0 Å². The van der Waals surface area contributed by atoms with E-state index in [1.165, 1.54) is 18.2 Å². The first kappa shape index (κ1) is 12.3. The Hall–Kier alpha value is -1.69. The fourth-order valence-electron chi connectivity index (χ4n) is 1.90. The van der Waals surface area contributed by atoms with Crippen LogP contribution in [-0.2, 0) is 0 Å². The summed E-state index contributed by atoms with van der Waals surface area (Å²) in [5.74, 6) is -1.26. The quantitative estimate of drug-likeness (QED) is 0.931. The van der Waals surface area contributed by atoms with Crippen LogP contribution in [0.3, 0.4) is 0 Å². The summed E-state index contributed by atoms with van der Waals surface area (Å²) in [4.78, 5) is 15.4. The average molecular weight is 326 g/mol. The smallest absolute Gasteiger partial charge is 0.373 e. The normalized spacial score (nSPS) is 14.6. The Bertz CT molecular complexity index is 664. The number of nitrogens with zero attached hydrogens (tertiary/aromatic N) is 1. The van der Waals surface area contributed by atoms with E-state index in [0.29, 0.717) is 15.7 Å². The predicted molar refractivity (Wildman–Crippen MR) is 68.5 cm³/mol. The van der Waals surface area contributed by atoms with Crippen LogP contribution in [0.25, 0.3) is 11.5 Å². The second-order valence-corrected chi connectivity index (χ2v) is 5.29. The molecule has 19 heavy (non-hydrogen) atoms. The maximum absolute atomic E-state index is 13.0. The van der Waals surface area contributed by atoms with Gasteiger partial charge < -0.3 is 9.52 Å². The number of carbonyl (C=O) groups is 1. The number of carboxylic acids is 1. The first-order valence-electron chi connectivity index (χ1n) is 5.75. The Kier molecular flexibility index (Phi) is 2.89. The Morgan fingerprint density at radius 2 is 2.21 bits per heavy atom. The van der Waals surface area contributed by atoms with Gasteiger partial charge in [0.05, 0.1) is 11.3 Å². The van der Waals surface area contributed by atoms with Gasteiger partial charge in [-0.2, -0.15) is 0 Å². The van der Waals surface area contributed by atoms with Crippen LogP contribution in [0.1, 0.15) is 35.0 Å². The highest BCUT2D eigenvalue weighted by Crippen LogP contribution is 2.43. The second-order valence-electron chi connectivity index (χ2n) is 4.44. The van der Waals surface area contributed by atoms with Crippen molar-refractivity contribution < 1.29 is 18.7 Å². The third kappa shape index (κ3) is 2.28. The Labute approximate surface area is 116 Å². The van der Waals surface area contributed by atoms with Gasteiger partial charge >= 0.3 is 5.97 Å². The van der Waals surface area contributed by atoms with Crippen LogP contribution >= 0.6 is 15.9 Å². The van der Waals surface area contributed by atoms with E-state index in [1.54, 1.807) is 0 Å². The highest BCUT2D eigenvalue weighted by Gasteiger charge is 2.33. The van der Waals surface area contributed by atoms with Gasteiger partial charge in [-0.3, -0.25) is 0 Å². The molecule has 1 aromatic carbocycles. The van der Waals surface area contributed by atoms with Crippen LogP contribution in [0.5, 0.6) is 0 Å². The number of oxazole rings is 1. The van der Waals surface area contributed by atoms with E-state index in [2.05, 4.69) is 20.9 Å². The molecule has 1 aliphatic carbocycles. The molecule has 1 fully saturated rings. The zero-order valence-electron chi connectivity index (χ0n) is 9.69. The van der Waals surface area contributed by atoms with Crippen molar-refractivity contribution in [2.45, 2.75) is 18.8 Å². The molecule has 98 valence electrons. The fraction of sp³-hybridized carbons (Fsp3) is 0.231. The molecule has 1 aliphatic rings. The monoisotopic (exact) mass is 325 g/mol. The first-order chi connectivity index (χ1) is 9.06. The first-order valence-corrected chi connectivity index (χ1v) is 6.55. The number of rotatable bonds is 3. The van der Waals surface area contributed by atoms with Gasteiger partial charge in [-0.15, -0.1) is 0 Å². The maximum Gasteiger partial charge on any atom is 0.373 e.